The number of carboxylic acid groups (broad SMARTS) is 1. The Morgan fingerprint density at radius 2 is 2.05 bits per heavy atom. The van der Waals surface area contributed by atoms with E-state index in [4.69, 9.17) is 5.11 Å². The number of hydrogen-bond donors (Lipinski definition) is 1. The maximum absolute atomic E-state index is 12.1. The van der Waals surface area contributed by atoms with Crippen molar-refractivity contribution in [1.29, 1.82) is 0 Å². The molecule has 1 fully saturated rings. The van der Waals surface area contributed by atoms with E-state index in [-0.39, 0.29) is 5.91 Å². The molecule has 1 saturated heterocycles. The summed E-state index contributed by atoms with van der Waals surface area (Å²) in [7, 11) is 0. The van der Waals surface area contributed by atoms with Gasteiger partial charge in [0, 0.05) is 19.2 Å². The minimum atomic E-state index is -0.813. The number of carbonyl (C=O) groups excluding carboxylic acids is 1. The number of amides is 1. The number of aryl methyl sites for hydroxylation is 1. The van der Waals surface area contributed by atoms with Gasteiger partial charge in [0.05, 0.1) is 5.92 Å². The molecule has 2 rings (SSSR count). The predicted octanol–water partition coefficient (Wildman–Crippen LogP) is 2.59. The zero-order valence-corrected chi connectivity index (χ0v) is 12.3. The molecule has 1 aliphatic heterocycles. The molecule has 21 heavy (non-hydrogen) atoms. The predicted molar refractivity (Wildman–Crippen MR) is 81.8 cm³/mol. The fourth-order valence-corrected chi connectivity index (χ4v) is 2.52. The van der Waals surface area contributed by atoms with Gasteiger partial charge >= 0.3 is 5.97 Å². The second-order valence-electron chi connectivity index (χ2n) is 5.39. The summed E-state index contributed by atoms with van der Waals surface area (Å²) in [6.07, 6.45) is 5.72. The van der Waals surface area contributed by atoms with Crippen molar-refractivity contribution >= 4 is 18.0 Å². The first-order chi connectivity index (χ1) is 10.1. The summed E-state index contributed by atoms with van der Waals surface area (Å²) in [5, 5.41) is 9.04. The van der Waals surface area contributed by atoms with Crippen LogP contribution >= 0.6 is 0 Å². The molecule has 1 N–H and O–H groups in total. The Kier molecular flexibility index (Phi) is 5.14. The first kappa shape index (κ1) is 15.3. The Bertz CT molecular complexity index is 533. The third-order valence-electron chi connectivity index (χ3n) is 3.89. The molecule has 0 aromatic heterocycles. The lowest BCUT2D eigenvalue weighted by atomic mass is 9.98. The lowest BCUT2D eigenvalue weighted by Gasteiger charge is -2.29. The van der Waals surface area contributed by atoms with Gasteiger partial charge in [-0.25, -0.2) is 0 Å². The van der Waals surface area contributed by atoms with Crippen LogP contribution in [0, 0.1) is 5.92 Å². The number of hydrogen-bond acceptors (Lipinski definition) is 2. The molecule has 0 saturated carbocycles. The second kappa shape index (κ2) is 7.07. The van der Waals surface area contributed by atoms with Gasteiger partial charge < -0.3 is 10.0 Å². The third-order valence-corrected chi connectivity index (χ3v) is 3.89. The number of carboxylic acids is 1. The fourth-order valence-electron chi connectivity index (χ4n) is 2.52. The van der Waals surface area contributed by atoms with Gasteiger partial charge in [0.1, 0.15) is 0 Å². The number of piperidine rings is 1. The monoisotopic (exact) mass is 287 g/mol. The molecule has 1 aromatic carbocycles. The summed E-state index contributed by atoms with van der Waals surface area (Å²) in [4.78, 5) is 24.7. The van der Waals surface area contributed by atoms with Crippen molar-refractivity contribution in [3.05, 3.63) is 41.5 Å². The highest BCUT2D eigenvalue weighted by molar-refractivity contribution is 5.92. The average Bonchev–Trinajstić information content (AvgIpc) is 2.53. The standard InChI is InChI=1S/C17H21NO3/c1-2-13-5-7-14(8-6-13)9-10-16(19)18-11-3-4-15(12-18)17(20)21/h5-10,15H,2-4,11-12H2,1H3,(H,20,21)/b10-9+/t15-/m0/s1. The molecule has 0 radical (unpaired) electrons. The molecule has 4 heteroatoms. The van der Waals surface area contributed by atoms with Crippen LogP contribution in [0.25, 0.3) is 6.08 Å². The van der Waals surface area contributed by atoms with E-state index in [1.807, 2.05) is 24.3 Å². The molecule has 4 nitrogen and oxygen atoms in total. The Morgan fingerprint density at radius 1 is 1.33 bits per heavy atom. The number of aliphatic carboxylic acids is 1. The fraction of sp³-hybridized carbons (Fsp3) is 0.412. The zero-order valence-electron chi connectivity index (χ0n) is 12.3. The SMILES string of the molecule is CCc1ccc(/C=C/C(=O)N2CCC[C@H](C(=O)O)C2)cc1. The van der Waals surface area contributed by atoms with E-state index in [0.29, 0.717) is 19.5 Å². The van der Waals surface area contributed by atoms with E-state index in [9.17, 15) is 9.59 Å². The average molecular weight is 287 g/mol. The van der Waals surface area contributed by atoms with Crippen molar-refractivity contribution in [2.75, 3.05) is 13.1 Å². The largest absolute Gasteiger partial charge is 0.481 e. The minimum Gasteiger partial charge on any atom is -0.481 e. The molecule has 112 valence electrons. The van der Waals surface area contributed by atoms with Crippen molar-refractivity contribution in [3.63, 3.8) is 0 Å². The van der Waals surface area contributed by atoms with Crippen molar-refractivity contribution in [2.45, 2.75) is 26.2 Å². The van der Waals surface area contributed by atoms with Crippen molar-refractivity contribution in [1.82, 2.24) is 4.90 Å². The first-order valence-corrected chi connectivity index (χ1v) is 7.39. The van der Waals surface area contributed by atoms with Gasteiger partial charge in [-0.3, -0.25) is 9.59 Å². The van der Waals surface area contributed by atoms with Crippen LogP contribution in [0.2, 0.25) is 0 Å². The number of likely N-dealkylation sites (tertiary alicyclic amines) is 1. The van der Waals surface area contributed by atoms with E-state index in [1.54, 1.807) is 11.0 Å². The minimum absolute atomic E-state index is 0.111. The smallest absolute Gasteiger partial charge is 0.308 e. The number of nitrogens with zero attached hydrogens (tertiary/aromatic N) is 1. The van der Waals surface area contributed by atoms with E-state index in [0.717, 1.165) is 18.4 Å². The van der Waals surface area contributed by atoms with Crippen molar-refractivity contribution < 1.29 is 14.7 Å². The number of rotatable bonds is 4. The van der Waals surface area contributed by atoms with E-state index in [2.05, 4.69) is 6.92 Å². The molecule has 0 unspecified atom stereocenters. The molecular formula is C17H21NO3. The first-order valence-electron chi connectivity index (χ1n) is 7.39. The Labute approximate surface area is 125 Å². The molecule has 1 aliphatic rings. The molecule has 0 spiro atoms. The highest BCUT2D eigenvalue weighted by Gasteiger charge is 2.26. The summed E-state index contributed by atoms with van der Waals surface area (Å²) < 4.78 is 0. The molecular weight excluding hydrogens is 266 g/mol. The summed E-state index contributed by atoms with van der Waals surface area (Å²) in [5.41, 5.74) is 2.24. The van der Waals surface area contributed by atoms with Gasteiger partial charge in [-0.05, 0) is 36.5 Å². The third kappa shape index (κ3) is 4.18. The van der Waals surface area contributed by atoms with E-state index < -0.39 is 11.9 Å². The second-order valence-corrected chi connectivity index (χ2v) is 5.39. The maximum atomic E-state index is 12.1. The lowest BCUT2D eigenvalue weighted by molar-refractivity contribution is -0.144. The van der Waals surface area contributed by atoms with Gasteiger partial charge in [-0.1, -0.05) is 31.2 Å². The van der Waals surface area contributed by atoms with E-state index >= 15 is 0 Å². The van der Waals surface area contributed by atoms with Crippen LogP contribution in [0.3, 0.4) is 0 Å². The van der Waals surface area contributed by atoms with Crippen LogP contribution in [0.4, 0.5) is 0 Å². The number of benzene rings is 1. The topological polar surface area (TPSA) is 57.6 Å². The van der Waals surface area contributed by atoms with Crippen LogP contribution in [-0.4, -0.2) is 35.0 Å². The highest BCUT2D eigenvalue weighted by Crippen LogP contribution is 2.17. The van der Waals surface area contributed by atoms with Gasteiger partial charge in [0.15, 0.2) is 0 Å². The molecule has 0 aliphatic carbocycles. The van der Waals surface area contributed by atoms with Crippen LogP contribution in [0.1, 0.15) is 30.9 Å². The molecule has 1 atom stereocenters. The van der Waals surface area contributed by atoms with Crippen LogP contribution in [0.5, 0.6) is 0 Å². The molecule has 1 amide bonds. The van der Waals surface area contributed by atoms with Gasteiger partial charge in [0.25, 0.3) is 0 Å². The molecule has 1 heterocycles. The van der Waals surface area contributed by atoms with Crippen LogP contribution in [-0.2, 0) is 16.0 Å². The van der Waals surface area contributed by atoms with Crippen molar-refractivity contribution in [3.8, 4) is 0 Å². The summed E-state index contributed by atoms with van der Waals surface area (Å²) in [5.74, 6) is -1.35. The van der Waals surface area contributed by atoms with Gasteiger partial charge in [0.2, 0.25) is 5.91 Å². The van der Waals surface area contributed by atoms with Gasteiger partial charge in [-0.2, -0.15) is 0 Å². The Balaban J connectivity index is 1.96. The zero-order chi connectivity index (χ0) is 15.2. The molecule has 0 bridgehead atoms. The quantitative estimate of drug-likeness (QED) is 0.866. The Hall–Kier alpha value is -2.10. The van der Waals surface area contributed by atoms with Gasteiger partial charge in [-0.15, -0.1) is 0 Å². The highest BCUT2D eigenvalue weighted by atomic mass is 16.4. The number of carbonyl (C=O) groups is 2. The van der Waals surface area contributed by atoms with Crippen LogP contribution < -0.4 is 0 Å². The maximum Gasteiger partial charge on any atom is 0.308 e. The summed E-state index contributed by atoms with van der Waals surface area (Å²) >= 11 is 0. The lowest BCUT2D eigenvalue weighted by Crippen LogP contribution is -2.41. The summed E-state index contributed by atoms with van der Waals surface area (Å²) in [6, 6.07) is 8.06. The normalized spacial score (nSPS) is 18.9. The van der Waals surface area contributed by atoms with E-state index in [1.165, 1.54) is 11.6 Å². The summed E-state index contributed by atoms with van der Waals surface area (Å²) in [6.45, 7) is 3.05. The van der Waals surface area contributed by atoms with Crippen LogP contribution in [0.15, 0.2) is 30.3 Å². The Morgan fingerprint density at radius 3 is 2.67 bits per heavy atom. The molecule has 1 aromatic rings. The van der Waals surface area contributed by atoms with Crippen molar-refractivity contribution in [2.24, 2.45) is 5.92 Å².